The summed E-state index contributed by atoms with van der Waals surface area (Å²) in [7, 11) is 1.56. The number of aromatic hydroxyl groups is 1. The molecule has 6 rings (SSSR count). The zero-order valence-electron chi connectivity index (χ0n) is 26.2. The number of carbonyl (C=O) groups excluding carboxylic acids is 2. The number of likely N-dealkylation sites (N-methyl/N-ethyl adjacent to an activating group) is 1. The first-order chi connectivity index (χ1) is 21.9. The molecule has 238 valence electrons. The number of H-pyrrole nitrogens is 1. The van der Waals surface area contributed by atoms with Gasteiger partial charge < -0.3 is 25.0 Å². The van der Waals surface area contributed by atoms with Crippen LogP contribution in [0.3, 0.4) is 0 Å². The molecule has 46 heavy (non-hydrogen) atoms. The average molecular weight is 627 g/mol. The number of anilines is 2. The lowest BCUT2D eigenvalue weighted by Crippen LogP contribution is -2.42. The summed E-state index contributed by atoms with van der Waals surface area (Å²) in [5.74, 6) is 0.217. The molecule has 12 heteroatoms. The minimum atomic E-state index is -0.852. The summed E-state index contributed by atoms with van der Waals surface area (Å²) in [4.78, 5) is 51.7. The number of pyridine rings is 3. The van der Waals surface area contributed by atoms with E-state index in [1.807, 2.05) is 19.9 Å². The van der Waals surface area contributed by atoms with Crippen LogP contribution >= 0.6 is 0 Å². The van der Waals surface area contributed by atoms with Crippen LogP contribution in [-0.2, 0) is 10.3 Å². The highest BCUT2D eigenvalue weighted by Crippen LogP contribution is 2.33. The summed E-state index contributed by atoms with van der Waals surface area (Å²) in [6.45, 7) is 9.27. The summed E-state index contributed by atoms with van der Waals surface area (Å²) in [5.41, 5.74) is 0.478. The largest absolute Gasteiger partial charge is 0.504 e. The molecule has 0 spiro atoms. The van der Waals surface area contributed by atoms with E-state index in [0.29, 0.717) is 28.8 Å². The number of nitrogens with zero attached hydrogens (tertiary/aromatic N) is 4. The molecule has 2 amide bonds. The van der Waals surface area contributed by atoms with Gasteiger partial charge in [0.05, 0.1) is 23.2 Å². The van der Waals surface area contributed by atoms with Gasteiger partial charge in [0, 0.05) is 49.2 Å². The number of halogens is 1. The van der Waals surface area contributed by atoms with Crippen molar-refractivity contribution in [3.63, 3.8) is 0 Å². The first kappa shape index (κ1) is 31.9. The predicted octanol–water partition coefficient (Wildman–Crippen LogP) is 4.87. The SMILES string of the molecule is CC(=O)N(C)c1ncccc1O.CCN1CCOc2cc(C(C)(C)NC(=O)c3cc4[nH]c5ccccc5c(=O)c4cc3F)cnc21. The number of amides is 2. The van der Waals surface area contributed by atoms with Crippen molar-refractivity contribution in [2.24, 2.45) is 0 Å². The highest BCUT2D eigenvalue weighted by molar-refractivity contribution is 6.00. The van der Waals surface area contributed by atoms with Gasteiger partial charge in [0.15, 0.2) is 28.6 Å². The number of nitrogens with one attached hydrogen (secondary N) is 2. The number of fused-ring (bicyclic) bond motifs is 3. The van der Waals surface area contributed by atoms with Crippen LogP contribution in [0.4, 0.5) is 16.0 Å². The second kappa shape index (κ2) is 12.8. The molecular formula is C34H35FN6O5. The lowest BCUT2D eigenvalue weighted by atomic mass is 9.94. The minimum absolute atomic E-state index is 0.00944. The summed E-state index contributed by atoms with van der Waals surface area (Å²) < 4.78 is 20.8. The molecule has 1 aliphatic heterocycles. The minimum Gasteiger partial charge on any atom is -0.504 e. The van der Waals surface area contributed by atoms with Gasteiger partial charge in [-0.15, -0.1) is 0 Å². The van der Waals surface area contributed by atoms with Crippen LogP contribution in [0.5, 0.6) is 11.5 Å². The topological polar surface area (TPSA) is 141 Å². The fourth-order valence-corrected chi connectivity index (χ4v) is 5.14. The van der Waals surface area contributed by atoms with Gasteiger partial charge in [-0.3, -0.25) is 19.3 Å². The number of hydrogen-bond acceptors (Lipinski definition) is 8. The maximum Gasteiger partial charge on any atom is 0.255 e. The molecule has 0 fully saturated rings. The molecule has 1 aliphatic rings. The molecule has 0 atom stereocenters. The van der Waals surface area contributed by atoms with Crippen molar-refractivity contribution in [3.05, 3.63) is 94.2 Å². The molecule has 0 unspecified atom stereocenters. The second-order valence-corrected chi connectivity index (χ2v) is 11.4. The maximum absolute atomic E-state index is 15.0. The molecule has 3 N–H and O–H groups in total. The smallest absolute Gasteiger partial charge is 0.255 e. The number of aromatic nitrogens is 3. The van der Waals surface area contributed by atoms with Gasteiger partial charge in [0.1, 0.15) is 12.4 Å². The Hall–Kier alpha value is -5.52. The molecule has 0 bridgehead atoms. The van der Waals surface area contributed by atoms with Crippen LogP contribution in [-0.4, -0.2) is 58.6 Å². The molecular weight excluding hydrogens is 591 g/mol. The van der Waals surface area contributed by atoms with E-state index in [-0.39, 0.29) is 33.9 Å². The highest BCUT2D eigenvalue weighted by Gasteiger charge is 2.28. The van der Waals surface area contributed by atoms with Crippen molar-refractivity contribution < 1.29 is 23.8 Å². The Bertz CT molecular complexity index is 2010. The summed E-state index contributed by atoms with van der Waals surface area (Å²) in [6.07, 6.45) is 3.23. The summed E-state index contributed by atoms with van der Waals surface area (Å²) in [6, 6.07) is 14.5. The lowest BCUT2D eigenvalue weighted by molar-refractivity contribution is -0.116. The lowest BCUT2D eigenvalue weighted by Gasteiger charge is -2.32. The van der Waals surface area contributed by atoms with Gasteiger partial charge in [-0.05, 0) is 68.8 Å². The van der Waals surface area contributed by atoms with Crippen molar-refractivity contribution in [2.45, 2.75) is 33.2 Å². The Kier molecular flexibility index (Phi) is 8.90. The van der Waals surface area contributed by atoms with Crippen LogP contribution in [0.2, 0.25) is 0 Å². The summed E-state index contributed by atoms with van der Waals surface area (Å²) >= 11 is 0. The zero-order chi connectivity index (χ0) is 33.2. The number of ether oxygens (including phenoxy) is 1. The van der Waals surface area contributed by atoms with E-state index in [2.05, 4.69) is 32.1 Å². The molecule has 3 aromatic heterocycles. The second-order valence-electron chi connectivity index (χ2n) is 11.4. The van der Waals surface area contributed by atoms with Gasteiger partial charge in [0.25, 0.3) is 5.91 Å². The Balaban J connectivity index is 0.000000293. The molecule has 2 aromatic carbocycles. The molecule has 11 nitrogen and oxygen atoms in total. The number of para-hydroxylation sites is 1. The van der Waals surface area contributed by atoms with E-state index in [0.717, 1.165) is 30.5 Å². The van der Waals surface area contributed by atoms with Crippen molar-refractivity contribution >= 4 is 45.3 Å². The van der Waals surface area contributed by atoms with Crippen LogP contribution in [0.1, 0.15) is 43.6 Å². The Labute approximate surface area is 264 Å². The van der Waals surface area contributed by atoms with Gasteiger partial charge >= 0.3 is 0 Å². The average Bonchev–Trinajstić information content (AvgIpc) is 3.04. The third-order valence-corrected chi connectivity index (χ3v) is 7.87. The van der Waals surface area contributed by atoms with Crippen LogP contribution in [0.15, 0.2) is 71.8 Å². The predicted molar refractivity (Wildman–Crippen MR) is 175 cm³/mol. The number of carbonyl (C=O) groups is 2. The summed E-state index contributed by atoms with van der Waals surface area (Å²) in [5, 5.41) is 12.8. The van der Waals surface area contributed by atoms with Crippen molar-refractivity contribution in [1.29, 1.82) is 0 Å². The molecule has 0 saturated heterocycles. The fraction of sp³-hybridized carbons (Fsp3) is 0.265. The van der Waals surface area contributed by atoms with Crippen molar-refractivity contribution in [3.8, 4) is 11.5 Å². The van der Waals surface area contributed by atoms with Crippen LogP contribution in [0.25, 0.3) is 21.8 Å². The Morgan fingerprint density at radius 2 is 1.87 bits per heavy atom. The van der Waals surface area contributed by atoms with Gasteiger partial charge in [-0.1, -0.05) is 12.1 Å². The first-order valence-corrected chi connectivity index (χ1v) is 14.7. The number of aromatic amines is 1. The zero-order valence-corrected chi connectivity index (χ0v) is 26.2. The van der Waals surface area contributed by atoms with E-state index in [1.165, 1.54) is 30.2 Å². The molecule has 0 aliphatic carbocycles. The number of benzene rings is 2. The normalized spacial score (nSPS) is 12.5. The van der Waals surface area contributed by atoms with Crippen molar-refractivity contribution in [1.82, 2.24) is 20.3 Å². The Morgan fingerprint density at radius 3 is 2.59 bits per heavy atom. The maximum atomic E-state index is 15.0. The molecule has 5 aromatic rings. The van der Waals surface area contributed by atoms with Gasteiger partial charge in [0.2, 0.25) is 5.91 Å². The van der Waals surface area contributed by atoms with Crippen molar-refractivity contribution in [2.75, 3.05) is 36.5 Å². The first-order valence-electron chi connectivity index (χ1n) is 14.7. The van der Waals surface area contributed by atoms with Gasteiger partial charge in [-0.25, -0.2) is 14.4 Å². The third kappa shape index (κ3) is 6.32. The quantitative estimate of drug-likeness (QED) is 0.235. The van der Waals surface area contributed by atoms with E-state index in [9.17, 15) is 23.9 Å². The van der Waals surface area contributed by atoms with E-state index >= 15 is 0 Å². The highest BCUT2D eigenvalue weighted by atomic mass is 19.1. The number of rotatable bonds is 5. The van der Waals surface area contributed by atoms with Crippen LogP contribution < -0.4 is 25.3 Å². The van der Waals surface area contributed by atoms with E-state index < -0.39 is 17.3 Å². The standard InChI is InChI=1S/C26H25FN4O3.C8H10N2O2/c1-4-31-9-10-34-22-11-15(14-28-24(22)31)26(2,3)30-25(33)17-13-21-18(12-19(17)27)23(32)16-7-5-6-8-20(16)29-21;1-6(11)10(2)8-7(12)4-3-5-9-8/h5-8,11-14H,4,9-10H2,1-3H3,(H,29,32)(H,30,33);3-5,12H,1-2H3. The van der Waals surface area contributed by atoms with Gasteiger partial charge in [-0.2, -0.15) is 0 Å². The van der Waals surface area contributed by atoms with E-state index in [1.54, 1.807) is 43.6 Å². The monoisotopic (exact) mass is 626 g/mol. The Morgan fingerprint density at radius 1 is 1.11 bits per heavy atom. The van der Waals surface area contributed by atoms with Crippen LogP contribution in [0, 0.1) is 5.82 Å². The molecule has 0 saturated carbocycles. The molecule has 0 radical (unpaired) electrons. The van der Waals surface area contributed by atoms with E-state index in [4.69, 9.17) is 4.74 Å². The number of hydrogen-bond donors (Lipinski definition) is 3. The third-order valence-electron chi connectivity index (χ3n) is 7.87. The molecule has 4 heterocycles. The fourth-order valence-electron chi connectivity index (χ4n) is 5.14.